The Balaban J connectivity index is 0.000000381. The monoisotopic (exact) mass is 357 g/mol. The van der Waals surface area contributed by atoms with E-state index in [4.69, 9.17) is 0 Å². The molecule has 1 aromatic carbocycles. The van der Waals surface area contributed by atoms with Gasteiger partial charge < -0.3 is 9.84 Å². The molecule has 0 spiro atoms. The summed E-state index contributed by atoms with van der Waals surface area (Å²) in [5.41, 5.74) is -0.177. The highest BCUT2D eigenvalue weighted by Crippen LogP contribution is 2.38. The Kier molecular flexibility index (Phi) is 7.08. The molecule has 0 saturated carbocycles. The molecule has 0 bridgehead atoms. The lowest BCUT2D eigenvalue weighted by Gasteiger charge is -2.37. The van der Waals surface area contributed by atoms with Crippen LogP contribution in [0.3, 0.4) is 0 Å². The zero-order valence-electron chi connectivity index (χ0n) is 15.8. The highest BCUT2D eigenvalue weighted by molar-refractivity contribution is 5.37. The molecule has 0 aromatic heterocycles. The Labute approximate surface area is 148 Å². The molecule has 4 nitrogen and oxygen atoms in total. The van der Waals surface area contributed by atoms with Gasteiger partial charge in [0.05, 0.1) is 6.10 Å². The summed E-state index contributed by atoms with van der Waals surface area (Å²) in [5.74, 6) is -0.855. The number of hydrogen-bond donors (Lipinski definition) is 1. The highest BCUT2D eigenvalue weighted by Gasteiger charge is 2.39. The van der Waals surface area contributed by atoms with Crippen LogP contribution >= 0.6 is 0 Å². The first-order valence-electron chi connectivity index (χ1n) is 8.36. The first-order chi connectivity index (χ1) is 11.3. The zero-order valence-corrected chi connectivity index (χ0v) is 15.8. The normalized spacial score (nSPS) is 21.5. The molecule has 25 heavy (non-hydrogen) atoms. The maximum Gasteiger partial charge on any atom is 0.293 e. The fourth-order valence-electron chi connectivity index (χ4n) is 2.76. The van der Waals surface area contributed by atoms with Gasteiger partial charge >= 0.3 is 0 Å². The zero-order chi connectivity index (χ0) is 19.4. The van der Waals surface area contributed by atoms with Crippen LogP contribution in [-0.2, 0) is 9.53 Å². The van der Waals surface area contributed by atoms with E-state index < -0.39 is 17.7 Å². The lowest BCUT2D eigenvalue weighted by Crippen LogP contribution is -2.41. The number of nitrogens with zero attached hydrogens (tertiary/aromatic N) is 1. The molecule has 2 atom stereocenters. The molecular formula is C19H29F2NO3. The molecule has 1 aromatic rings. The van der Waals surface area contributed by atoms with Gasteiger partial charge in [-0.1, -0.05) is 0 Å². The number of rotatable bonds is 2. The van der Waals surface area contributed by atoms with E-state index in [0.717, 1.165) is 12.1 Å². The van der Waals surface area contributed by atoms with Crippen molar-refractivity contribution >= 4 is 6.47 Å². The second kappa shape index (κ2) is 8.23. The van der Waals surface area contributed by atoms with Gasteiger partial charge in [0.1, 0.15) is 17.2 Å². The summed E-state index contributed by atoms with van der Waals surface area (Å²) < 4.78 is 31.7. The second-order valence-electron chi connectivity index (χ2n) is 8.22. The first-order valence-corrected chi connectivity index (χ1v) is 8.36. The topological polar surface area (TPSA) is 49.8 Å². The average Bonchev–Trinajstić information content (AvgIpc) is 2.83. The van der Waals surface area contributed by atoms with Gasteiger partial charge in [-0.25, -0.2) is 8.78 Å². The average molecular weight is 357 g/mol. The van der Waals surface area contributed by atoms with Crippen LogP contribution < -0.4 is 0 Å². The van der Waals surface area contributed by atoms with E-state index in [1.807, 2.05) is 46.4 Å². The number of likely N-dealkylation sites (tertiary alicyclic amines) is 1. The minimum Gasteiger partial charge on any atom is -0.462 e. The lowest BCUT2D eigenvalue weighted by atomic mass is 9.98. The number of carbonyl (C=O) groups is 1. The van der Waals surface area contributed by atoms with Crippen LogP contribution in [0.25, 0.3) is 0 Å². The van der Waals surface area contributed by atoms with Gasteiger partial charge in [-0.3, -0.25) is 9.69 Å². The quantitative estimate of drug-likeness (QED) is 0.818. The molecule has 1 N–H and O–H groups in total. The van der Waals surface area contributed by atoms with Crippen LogP contribution in [0.2, 0.25) is 0 Å². The predicted octanol–water partition coefficient (Wildman–Crippen LogP) is 3.83. The van der Waals surface area contributed by atoms with E-state index in [1.54, 1.807) is 0 Å². The Morgan fingerprint density at radius 1 is 1.20 bits per heavy atom. The Bertz CT molecular complexity index is 579. The fraction of sp³-hybridized carbons (Fsp3) is 0.632. The number of carbonyl (C=O) groups excluding carboxylic acids is 1. The van der Waals surface area contributed by atoms with E-state index in [-0.39, 0.29) is 17.2 Å². The molecular weight excluding hydrogens is 328 g/mol. The SMILES string of the molecule is CC(C)(C)N1C[C@H](O)CC1c1cc(F)ccc1F.CC(C)(C)OC=O. The van der Waals surface area contributed by atoms with E-state index in [2.05, 4.69) is 4.74 Å². The van der Waals surface area contributed by atoms with Crippen molar-refractivity contribution in [2.24, 2.45) is 0 Å². The molecule has 2 rings (SSSR count). The van der Waals surface area contributed by atoms with Crippen molar-refractivity contribution < 1.29 is 23.4 Å². The van der Waals surface area contributed by atoms with Crippen molar-refractivity contribution in [3.63, 3.8) is 0 Å². The summed E-state index contributed by atoms with van der Waals surface area (Å²) in [6.45, 7) is 12.4. The molecule has 142 valence electrons. The molecule has 1 aliphatic rings. The van der Waals surface area contributed by atoms with Crippen molar-refractivity contribution in [1.29, 1.82) is 0 Å². The number of hydrogen-bond acceptors (Lipinski definition) is 4. The summed E-state index contributed by atoms with van der Waals surface area (Å²) in [4.78, 5) is 11.6. The fourth-order valence-corrected chi connectivity index (χ4v) is 2.76. The second-order valence-corrected chi connectivity index (χ2v) is 8.22. The van der Waals surface area contributed by atoms with Gasteiger partial charge in [0, 0.05) is 23.7 Å². The van der Waals surface area contributed by atoms with Gasteiger partial charge in [-0.05, 0) is 66.2 Å². The third-order valence-electron chi connectivity index (χ3n) is 3.86. The van der Waals surface area contributed by atoms with Crippen LogP contribution in [0.15, 0.2) is 18.2 Å². The van der Waals surface area contributed by atoms with Crippen molar-refractivity contribution in [3.8, 4) is 0 Å². The summed E-state index contributed by atoms with van der Waals surface area (Å²) >= 11 is 0. The van der Waals surface area contributed by atoms with E-state index in [1.165, 1.54) is 6.07 Å². The van der Waals surface area contributed by atoms with Crippen LogP contribution in [0, 0.1) is 11.6 Å². The van der Waals surface area contributed by atoms with Crippen molar-refractivity contribution in [3.05, 3.63) is 35.4 Å². The van der Waals surface area contributed by atoms with Crippen LogP contribution in [-0.4, -0.2) is 40.3 Å². The van der Waals surface area contributed by atoms with E-state index >= 15 is 0 Å². The van der Waals surface area contributed by atoms with E-state index in [9.17, 15) is 18.7 Å². The number of aliphatic hydroxyl groups is 1. The Morgan fingerprint density at radius 3 is 2.24 bits per heavy atom. The molecule has 1 unspecified atom stereocenters. The standard InChI is InChI=1S/C14H19F2NO.C5H10O2/c1-14(2,3)17-8-10(18)7-13(17)11-6-9(15)4-5-12(11)16;1-5(2,3)7-4-6/h4-6,10,13,18H,7-8H2,1-3H3;4H,1-3H3/t10-,13?;/m1./s1. The largest absolute Gasteiger partial charge is 0.462 e. The number of benzene rings is 1. The molecule has 1 heterocycles. The summed E-state index contributed by atoms with van der Waals surface area (Å²) in [5, 5.41) is 9.80. The number of halogens is 2. The summed E-state index contributed by atoms with van der Waals surface area (Å²) in [6.07, 6.45) is -0.0469. The highest BCUT2D eigenvalue weighted by atomic mass is 19.1. The number of β-amino-alcohol motifs (C(OH)–C–C–N with tert-alkyl or cyclic N) is 1. The van der Waals surface area contributed by atoms with E-state index in [0.29, 0.717) is 25.0 Å². The molecule has 0 aliphatic carbocycles. The maximum atomic E-state index is 13.8. The minimum atomic E-state index is -0.489. The smallest absolute Gasteiger partial charge is 0.293 e. The third kappa shape index (κ3) is 6.71. The maximum absolute atomic E-state index is 13.8. The molecule has 6 heteroatoms. The van der Waals surface area contributed by atoms with Crippen molar-refractivity contribution in [2.45, 2.75) is 71.2 Å². The summed E-state index contributed by atoms with van der Waals surface area (Å²) in [6, 6.07) is 3.23. The summed E-state index contributed by atoms with van der Waals surface area (Å²) in [7, 11) is 0. The van der Waals surface area contributed by atoms with Crippen LogP contribution in [0.5, 0.6) is 0 Å². The number of ether oxygens (including phenoxy) is 1. The molecule has 1 fully saturated rings. The van der Waals surface area contributed by atoms with Crippen molar-refractivity contribution in [2.75, 3.05) is 6.54 Å². The van der Waals surface area contributed by atoms with Gasteiger partial charge in [-0.2, -0.15) is 0 Å². The van der Waals surface area contributed by atoms with Gasteiger partial charge in [-0.15, -0.1) is 0 Å². The molecule has 0 radical (unpaired) electrons. The van der Waals surface area contributed by atoms with Crippen molar-refractivity contribution in [1.82, 2.24) is 4.90 Å². The third-order valence-corrected chi connectivity index (χ3v) is 3.86. The predicted molar refractivity (Wildman–Crippen MR) is 93.1 cm³/mol. The number of aliphatic hydroxyl groups excluding tert-OH is 1. The van der Waals surface area contributed by atoms with Gasteiger partial charge in [0.15, 0.2) is 0 Å². The van der Waals surface area contributed by atoms with Crippen LogP contribution in [0.1, 0.15) is 59.6 Å². The minimum absolute atomic E-state index is 0.194. The van der Waals surface area contributed by atoms with Crippen LogP contribution in [0.4, 0.5) is 8.78 Å². The molecule has 0 amide bonds. The van der Waals surface area contributed by atoms with Gasteiger partial charge in [0.25, 0.3) is 6.47 Å². The molecule has 1 saturated heterocycles. The molecule has 1 aliphatic heterocycles. The Hall–Kier alpha value is -1.53. The Morgan fingerprint density at radius 2 is 1.80 bits per heavy atom. The van der Waals surface area contributed by atoms with Gasteiger partial charge in [0.2, 0.25) is 0 Å². The first kappa shape index (κ1) is 21.5. The lowest BCUT2D eigenvalue weighted by molar-refractivity contribution is -0.138.